The van der Waals surface area contributed by atoms with E-state index in [0.717, 1.165) is 24.9 Å². The van der Waals surface area contributed by atoms with Crippen LogP contribution in [-0.4, -0.2) is 29.9 Å². The summed E-state index contributed by atoms with van der Waals surface area (Å²) in [7, 11) is 0. The summed E-state index contributed by atoms with van der Waals surface area (Å²) in [6.07, 6.45) is 5.49. The Kier molecular flexibility index (Phi) is 5.55. The monoisotopic (exact) mass is 287 g/mol. The molecule has 1 saturated heterocycles. The number of ether oxygens (including phenoxy) is 1. The molecule has 1 heterocycles. The molecule has 1 aromatic carbocycles. The first-order valence-corrected chi connectivity index (χ1v) is 7.29. The maximum absolute atomic E-state index is 12.4. The molecule has 4 heteroatoms. The highest BCUT2D eigenvalue weighted by atomic mass is 16.5. The first-order valence-electron chi connectivity index (χ1n) is 7.29. The number of nitrogens with zero attached hydrogens (tertiary/aromatic N) is 1. The van der Waals surface area contributed by atoms with Gasteiger partial charge in [0.25, 0.3) is 0 Å². The van der Waals surface area contributed by atoms with Crippen LogP contribution in [0.25, 0.3) is 0 Å². The highest BCUT2D eigenvalue weighted by molar-refractivity contribution is 5.81. The van der Waals surface area contributed by atoms with Gasteiger partial charge in [-0.25, -0.2) is 0 Å². The molecule has 0 aromatic heterocycles. The van der Waals surface area contributed by atoms with Crippen molar-refractivity contribution in [2.45, 2.75) is 26.3 Å². The minimum Gasteiger partial charge on any atom is -0.462 e. The van der Waals surface area contributed by atoms with Crippen LogP contribution in [0.5, 0.6) is 0 Å². The third-order valence-corrected chi connectivity index (χ3v) is 3.54. The molecule has 0 bridgehead atoms. The Hall–Kier alpha value is -2.10. The van der Waals surface area contributed by atoms with Gasteiger partial charge in [-0.05, 0) is 18.4 Å². The molecule has 0 radical (unpaired) electrons. The molecule has 0 aliphatic carbocycles. The lowest BCUT2D eigenvalue weighted by Crippen LogP contribution is -2.40. The highest BCUT2D eigenvalue weighted by Gasteiger charge is 2.26. The van der Waals surface area contributed by atoms with Gasteiger partial charge in [0.15, 0.2) is 0 Å². The van der Waals surface area contributed by atoms with Crippen molar-refractivity contribution in [2.75, 3.05) is 13.2 Å². The third kappa shape index (κ3) is 4.74. The number of carbonyl (C=O) groups excluding carboxylic acids is 2. The Balaban J connectivity index is 1.90. The summed E-state index contributed by atoms with van der Waals surface area (Å²) >= 11 is 0. The Morgan fingerprint density at radius 2 is 2.14 bits per heavy atom. The molecular formula is C17H21NO3. The van der Waals surface area contributed by atoms with Gasteiger partial charge in [0.2, 0.25) is 5.91 Å². The molecule has 112 valence electrons. The average Bonchev–Trinajstić information content (AvgIpc) is 2.48. The standard InChI is InChI=1S/C17H21NO3/c1-14(19)21-12-6-10-16-9-5-11-18(17(16)20)13-15-7-3-2-4-8-15/h2-4,6-8,10,16H,5,9,11-13H2,1H3/b10-6+. The zero-order valence-corrected chi connectivity index (χ0v) is 12.3. The number of likely N-dealkylation sites (tertiary alicyclic amines) is 1. The molecular weight excluding hydrogens is 266 g/mol. The molecule has 1 aliphatic rings. The topological polar surface area (TPSA) is 46.6 Å². The van der Waals surface area contributed by atoms with E-state index in [1.807, 2.05) is 41.3 Å². The summed E-state index contributed by atoms with van der Waals surface area (Å²) in [6, 6.07) is 10.0. The third-order valence-electron chi connectivity index (χ3n) is 3.54. The molecule has 21 heavy (non-hydrogen) atoms. The second-order valence-corrected chi connectivity index (χ2v) is 5.22. The van der Waals surface area contributed by atoms with E-state index in [9.17, 15) is 9.59 Å². The molecule has 4 nitrogen and oxygen atoms in total. The van der Waals surface area contributed by atoms with Crippen molar-refractivity contribution in [2.24, 2.45) is 5.92 Å². The van der Waals surface area contributed by atoms with Gasteiger partial charge in [-0.2, -0.15) is 0 Å². The lowest BCUT2D eigenvalue weighted by molar-refractivity contribution is -0.139. The van der Waals surface area contributed by atoms with Gasteiger partial charge in [0.05, 0.1) is 5.92 Å². The van der Waals surface area contributed by atoms with Crippen LogP contribution in [0.1, 0.15) is 25.3 Å². The van der Waals surface area contributed by atoms with Crippen LogP contribution in [0, 0.1) is 5.92 Å². The SMILES string of the molecule is CC(=O)OC/C=C/C1CCCN(Cc2ccccc2)C1=O. The molecule has 1 aliphatic heterocycles. The number of esters is 1. The van der Waals surface area contributed by atoms with Crippen molar-refractivity contribution in [3.05, 3.63) is 48.0 Å². The van der Waals surface area contributed by atoms with Crippen molar-refractivity contribution in [1.29, 1.82) is 0 Å². The fourth-order valence-electron chi connectivity index (χ4n) is 2.49. The minimum atomic E-state index is -0.305. The van der Waals surface area contributed by atoms with Gasteiger partial charge < -0.3 is 9.64 Å². The lowest BCUT2D eigenvalue weighted by atomic mass is 9.96. The fourth-order valence-corrected chi connectivity index (χ4v) is 2.49. The first-order chi connectivity index (χ1) is 10.2. The van der Waals surface area contributed by atoms with E-state index in [2.05, 4.69) is 0 Å². The molecule has 2 rings (SSSR count). The van der Waals surface area contributed by atoms with Crippen molar-refractivity contribution in [3.8, 4) is 0 Å². The van der Waals surface area contributed by atoms with Crippen LogP contribution in [0.2, 0.25) is 0 Å². The van der Waals surface area contributed by atoms with Gasteiger partial charge in [0, 0.05) is 20.0 Å². The largest absolute Gasteiger partial charge is 0.462 e. The minimum absolute atomic E-state index is 0.0991. The maximum atomic E-state index is 12.4. The fraction of sp³-hybridized carbons (Fsp3) is 0.412. The number of amides is 1. The van der Waals surface area contributed by atoms with Crippen LogP contribution in [0.3, 0.4) is 0 Å². The van der Waals surface area contributed by atoms with Gasteiger partial charge in [-0.3, -0.25) is 9.59 Å². The second kappa shape index (κ2) is 7.62. The second-order valence-electron chi connectivity index (χ2n) is 5.22. The maximum Gasteiger partial charge on any atom is 0.302 e. The van der Waals surface area contributed by atoms with Crippen LogP contribution >= 0.6 is 0 Å². The van der Waals surface area contributed by atoms with Gasteiger partial charge in [0.1, 0.15) is 6.61 Å². The van der Waals surface area contributed by atoms with Gasteiger partial charge in [-0.1, -0.05) is 42.5 Å². The summed E-state index contributed by atoms with van der Waals surface area (Å²) in [4.78, 5) is 25.0. The Labute approximate surface area is 125 Å². The van der Waals surface area contributed by atoms with Crippen LogP contribution in [-0.2, 0) is 20.9 Å². The van der Waals surface area contributed by atoms with E-state index in [1.165, 1.54) is 6.92 Å². The van der Waals surface area contributed by atoms with Gasteiger partial charge in [-0.15, -0.1) is 0 Å². The highest BCUT2D eigenvalue weighted by Crippen LogP contribution is 2.21. The Morgan fingerprint density at radius 1 is 1.38 bits per heavy atom. The van der Waals surface area contributed by atoms with E-state index < -0.39 is 0 Å². The zero-order valence-electron chi connectivity index (χ0n) is 12.3. The molecule has 1 unspecified atom stereocenters. The predicted octanol–water partition coefficient (Wildman–Crippen LogP) is 2.54. The summed E-state index contributed by atoms with van der Waals surface area (Å²) in [5.74, 6) is -0.248. The van der Waals surface area contributed by atoms with E-state index in [-0.39, 0.29) is 24.4 Å². The van der Waals surface area contributed by atoms with E-state index in [4.69, 9.17) is 4.74 Å². The lowest BCUT2D eigenvalue weighted by Gasteiger charge is -2.31. The number of hydrogen-bond donors (Lipinski definition) is 0. The van der Waals surface area contributed by atoms with E-state index >= 15 is 0 Å². The summed E-state index contributed by atoms with van der Waals surface area (Å²) in [6.45, 7) is 3.08. The average molecular weight is 287 g/mol. The molecule has 1 amide bonds. The number of piperidine rings is 1. The predicted molar refractivity (Wildman–Crippen MR) is 80.4 cm³/mol. The van der Waals surface area contributed by atoms with Crippen LogP contribution < -0.4 is 0 Å². The molecule has 1 atom stereocenters. The number of benzene rings is 1. The van der Waals surface area contributed by atoms with E-state index in [1.54, 1.807) is 6.08 Å². The van der Waals surface area contributed by atoms with Gasteiger partial charge >= 0.3 is 5.97 Å². The molecule has 1 fully saturated rings. The van der Waals surface area contributed by atoms with Crippen molar-refractivity contribution in [3.63, 3.8) is 0 Å². The first kappa shape index (κ1) is 15.3. The normalized spacial score (nSPS) is 19.0. The van der Waals surface area contributed by atoms with Crippen LogP contribution in [0.4, 0.5) is 0 Å². The molecule has 0 spiro atoms. The molecule has 0 N–H and O–H groups in total. The summed E-state index contributed by atoms with van der Waals surface area (Å²) in [5.41, 5.74) is 1.15. The van der Waals surface area contributed by atoms with Crippen molar-refractivity contribution < 1.29 is 14.3 Å². The summed E-state index contributed by atoms with van der Waals surface area (Å²) < 4.78 is 4.84. The smallest absolute Gasteiger partial charge is 0.302 e. The Bertz CT molecular complexity index is 510. The quantitative estimate of drug-likeness (QED) is 0.617. The number of hydrogen-bond acceptors (Lipinski definition) is 3. The zero-order chi connectivity index (χ0) is 15.1. The molecule has 1 aromatic rings. The number of carbonyl (C=O) groups is 2. The summed E-state index contributed by atoms with van der Waals surface area (Å²) in [5, 5.41) is 0. The van der Waals surface area contributed by atoms with Crippen LogP contribution in [0.15, 0.2) is 42.5 Å². The van der Waals surface area contributed by atoms with Crippen molar-refractivity contribution >= 4 is 11.9 Å². The van der Waals surface area contributed by atoms with Crippen molar-refractivity contribution in [1.82, 2.24) is 4.90 Å². The molecule has 0 saturated carbocycles. The number of rotatable bonds is 5. The van der Waals surface area contributed by atoms with E-state index in [0.29, 0.717) is 6.54 Å². The Morgan fingerprint density at radius 3 is 2.86 bits per heavy atom.